The van der Waals surface area contributed by atoms with Crippen LogP contribution in [-0.4, -0.2) is 21.6 Å². The molecule has 5 heteroatoms. The number of thioether (sulfide) groups is 1. The minimum atomic E-state index is -0.153. The third-order valence-electron chi connectivity index (χ3n) is 4.32. The highest BCUT2D eigenvalue weighted by molar-refractivity contribution is 8.00. The standard InChI is InChI=1S/C22H25N3OS/c1-14-9-8-10-15(2)19(14)24-18(26)13-27-20-16-11-6-7-12-17(16)23-21(25-20)22(3,4)5/h6-12H,13H2,1-5H3,(H,24,26). The minimum absolute atomic E-state index is 0.0302. The summed E-state index contributed by atoms with van der Waals surface area (Å²) in [6, 6.07) is 14.0. The van der Waals surface area contributed by atoms with Crippen LogP contribution in [0.2, 0.25) is 0 Å². The van der Waals surface area contributed by atoms with Crippen LogP contribution in [0.5, 0.6) is 0 Å². The van der Waals surface area contributed by atoms with Crippen molar-refractivity contribution in [3.63, 3.8) is 0 Å². The largest absolute Gasteiger partial charge is 0.325 e. The van der Waals surface area contributed by atoms with E-state index < -0.39 is 0 Å². The molecule has 1 N–H and O–H groups in total. The zero-order chi connectivity index (χ0) is 19.6. The molecule has 0 aliphatic carbocycles. The second kappa shape index (κ2) is 7.69. The molecule has 4 nitrogen and oxygen atoms in total. The van der Waals surface area contributed by atoms with Crippen molar-refractivity contribution in [3.05, 3.63) is 59.4 Å². The van der Waals surface area contributed by atoms with Crippen molar-refractivity contribution in [3.8, 4) is 0 Å². The fourth-order valence-electron chi connectivity index (χ4n) is 2.81. The smallest absolute Gasteiger partial charge is 0.234 e. The molecule has 0 atom stereocenters. The maximum Gasteiger partial charge on any atom is 0.234 e. The van der Waals surface area contributed by atoms with Crippen molar-refractivity contribution in [1.29, 1.82) is 0 Å². The van der Waals surface area contributed by atoms with E-state index in [9.17, 15) is 4.79 Å². The Kier molecular flexibility index (Phi) is 5.51. The van der Waals surface area contributed by atoms with E-state index in [2.05, 4.69) is 26.1 Å². The molecular weight excluding hydrogens is 354 g/mol. The third-order valence-corrected chi connectivity index (χ3v) is 5.32. The number of nitrogens with one attached hydrogen (secondary N) is 1. The van der Waals surface area contributed by atoms with Gasteiger partial charge in [-0.3, -0.25) is 4.79 Å². The number of carbonyl (C=O) groups is 1. The van der Waals surface area contributed by atoms with Gasteiger partial charge in [0.25, 0.3) is 0 Å². The van der Waals surface area contributed by atoms with Crippen molar-refractivity contribution < 1.29 is 4.79 Å². The molecule has 0 bridgehead atoms. The van der Waals surface area contributed by atoms with Gasteiger partial charge in [0.2, 0.25) is 5.91 Å². The Balaban J connectivity index is 1.83. The monoisotopic (exact) mass is 379 g/mol. The summed E-state index contributed by atoms with van der Waals surface area (Å²) in [5, 5.41) is 4.87. The highest BCUT2D eigenvalue weighted by Gasteiger charge is 2.20. The van der Waals surface area contributed by atoms with Crippen LogP contribution in [0.3, 0.4) is 0 Å². The number of aryl methyl sites for hydroxylation is 2. The molecule has 27 heavy (non-hydrogen) atoms. The summed E-state index contributed by atoms with van der Waals surface area (Å²) in [4.78, 5) is 22.0. The molecule has 0 unspecified atom stereocenters. The van der Waals surface area contributed by atoms with Crippen LogP contribution in [0.1, 0.15) is 37.7 Å². The van der Waals surface area contributed by atoms with Crippen LogP contribution in [0.4, 0.5) is 5.69 Å². The van der Waals surface area contributed by atoms with E-state index in [-0.39, 0.29) is 11.3 Å². The van der Waals surface area contributed by atoms with Crippen LogP contribution in [-0.2, 0) is 10.2 Å². The van der Waals surface area contributed by atoms with Crippen LogP contribution in [0.15, 0.2) is 47.5 Å². The van der Waals surface area contributed by atoms with Crippen LogP contribution < -0.4 is 5.32 Å². The second-order valence-electron chi connectivity index (χ2n) is 7.72. The predicted octanol–water partition coefficient (Wildman–Crippen LogP) is 5.27. The van der Waals surface area contributed by atoms with E-state index in [0.29, 0.717) is 5.75 Å². The molecule has 0 radical (unpaired) electrons. The summed E-state index contributed by atoms with van der Waals surface area (Å²) < 4.78 is 0. The number of carbonyl (C=O) groups excluding carboxylic acids is 1. The maximum atomic E-state index is 12.5. The van der Waals surface area contributed by atoms with Crippen molar-refractivity contribution in [2.24, 2.45) is 0 Å². The molecule has 140 valence electrons. The number of amides is 1. The molecule has 0 fully saturated rings. The number of hydrogen-bond acceptors (Lipinski definition) is 4. The predicted molar refractivity (Wildman–Crippen MR) is 114 cm³/mol. The number of rotatable bonds is 4. The van der Waals surface area contributed by atoms with Gasteiger partial charge in [-0.15, -0.1) is 0 Å². The van der Waals surface area contributed by atoms with Gasteiger partial charge in [-0.05, 0) is 31.0 Å². The van der Waals surface area contributed by atoms with Gasteiger partial charge in [0, 0.05) is 16.5 Å². The Morgan fingerprint density at radius 3 is 2.33 bits per heavy atom. The molecule has 0 aliphatic rings. The molecule has 1 amide bonds. The van der Waals surface area contributed by atoms with Crippen molar-refractivity contribution >= 4 is 34.3 Å². The Morgan fingerprint density at radius 2 is 1.67 bits per heavy atom. The van der Waals surface area contributed by atoms with Gasteiger partial charge in [0.15, 0.2) is 0 Å². The van der Waals surface area contributed by atoms with E-state index in [4.69, 9.17) is 9.97 Å². The van der Waals surface area contributed by atoms with Gasteiger partial charge >= 0.3 is 0 Å². The number of aromatic nitrogens is 2. The quantitative estimate of drug-likeness (QED) is 0.495. The average molecular weight is 380 g/mol. The van der Waals surface area contributed by atoms with Gasteiger partial charge in [-0.2, -0.15) is 0 Å². The zero-order valence-corrected chi connectivity index (χ0v) is 17.3. The second-order valence-corrected chi connectivity index (χ2v) is 8.69. The normalized spacial score (nSPS) is 11.6. The third kappa shape index (κ3) is 4.48. The average Bonchev–Trinajstić information content (AvgIpc) is 2.62. The first-order chi connectivity index (χ1) is 12.8. The Labute approximate surface area is 164 Å². The lowest BCUT2D eigenvalue weighted by Gasteiger charge is -2.18. The molecule has 3 rings (SSSR count). The number of nitrogens with zero attached hydrogens (tertiary/aromatic N) is 2. The lowest BCUT2D eigenvalue weighted by Crippen LogP contribution is -2.18. The van der Waals surface area contributed by atoms with Crippen LogP contribution >= 0.6 is 11.8 Å². The van der Waals surface area contributed by atoms with Gasteiger partial charge in [-0.1, -0.05) is 68.9 Å². The van der Waals surface area contributed by atoms with Crippen molar-refractivity contribution in [2.75, 3.05) is 11.1 Å². The number of anilines is 1. The van der Waals surface area contributed by atoms with Gasteiger partial charge < -0.3 is 5.32 Å². The van der Waals surface area contributed by atoms with Crippen molar-refractivity contribution in [1.82, 2.24) is 9.97 Å². The highest BCUT2D eigenvalue weighted by atomic mass is 32.2. The first kappa shape index (κ1) is 19.4. The summed E-state index contributed by atoms with van der Waals surface area (Å²) in [7, 11) is 0. The Bertz CT molecular complexity index is 972. The molecule has 0 saturated carbocycles. The molecule has 3 aromatic rings. The lowest BCUT2D eigenvalue weighted by molar-refractivity contribution is -0.113. The molecule has 1 aromatic heterocycles. The summed E-state index contributed by atoms with van der Waals surface area (Å²) in [5.41, 5.74) is 3.78. The molecule has 0 aliphatic heterocycles. The Hall–Kier alpha value is -2.40. The van der Waals surface area contributed by atoms with Gasteiger partial charge in [0.05, 0.1) is 11.3 Å². The summed E-state index contributed by atoms with van der Waals surface area (Å²) in [6.07, 6.45) is 0. The number of para-hydroxylation sites is 2. The topological polar surface area (TPSA) is 54.9 Å². The Morgan fingerprint density at radius 1 is 1.00 bits per heavy atom. The van der Waals surface area contributed by atoms with E-state index >= 15 is 0 Å². The maximum absolute atomic E-state index is 12.5. The SMILES string of the molecule is Cc1cccc(C)c1NC(=O)CSc1nc(C(C)(C)C)nc2ccccc12. The summed E-state index contributed by atoms with van der Waals surface area (Å²) >= 11 is 1.46. The number of fused-ring (bicyclic) bond motifs is 1. The zero-order valence-electron chi connectivity index (χ0n) is 16.5. The fourth-order valence-corrected chi connectivity index (χ4v) is 3.63. The first-order valence-corrected chi connectivity index (χ1v) is 10.0. The van der Waals surface area contributed by atoms with E-state index in [1.54, 1.807) is 0 Å². The molecule has 2 aromatic carbocycles. The minimum Gasteiger partial charge on any atom is -0.325 e. The van der Waals surface area contributed by atoms with Gasteiger partial charge in [-0.25, -0.2) is 9.97 Å². The van der Waals surface area contributed by atoms with Gasteiger partial charge in [0.1, 0.15) is 10.9 Å². The molecule has 0 saturated heterocycles. The van der Waals surface area contributed by atoms with Crippen molar-refractivity contribution in [2.45, 2.75) is 45.1 Å². The fraction of sp³-hybridized carbons (Fsp3) is 0.318. The van der Waals surface area contributed by atoms with Crippen LogP contribution in [0, 0.1) is 13.8 Å². The van der Waals surface area contributed by atoms with Crippen LogP contribution in [0.25, 0.3) is 10.9 Å². The molecular formula is C22H25N3OS. The summed E-state index contributed by atoms with van der Waals surface area (Å²) in [6.45, 7) is 10.3. The number of hydrogen-bond donors (Lipinski definition) is 1. The molecule has 1 heterocycles. The summed E-state index contributed by atoms with van der Waals surface area (Å²) in [5.74, 6) is 1.06. The lowest BCUT2D eigenvalue weighted by atomic mass is 9.95. The first-order valence-electron chi connectivity index (χ1n) is 9.02. The van der Waals surface area contributed by atoms with E-state index in [0.717, 1.165) is 38.6 Å². The number of benzene rings is 2. The molecule has 0 spiro atoms. The van der Waals surface area contributed by atoms with E-state index in [1.165, 1.54) is 11.8 Å². The highest BCUT2D eigenvalue weighted by Crippen LogP contribution is 2.29. The van der Waals surface area contributed by atoms with E-state index in [1.807, 2.05) is 56.3 Å².